The molecule has 0 fully saturated rings. The molecule has 2 rings (SSSR count). The Hall–Kier alpha value is -2.79. The normalized spacial score (nSPS) is 11.0. The fourth-order valence-corrected chi connectivity index (χ4v) is 2.24. The molecular formula is C23H24O2. The van der Waals surface area contributed by atoms with Crippen molar-refractivity contribution in [3.8, 4) is 11.8 Å². The number of hydrogen-bond acceptors (Lipinski definition) is 2. The minimum Gasteiger partial charge on any atom is -0.463 e. The van der Waals surface area contributed by atoms with Gasteiger partial charge in [-0.05, 0) is 53.8 Å². The Morgan fingerprint density at radius 3 is 2.36 bits per heavy atom. The summed E-state index contributed by atoms with van der Waals surface area (Å²) in [6.07, 6.45) is 3.17. The van der Waals surface area contributed by atoms with Gasteiger partial charge in [-0.3, -0.25) is 0 Å². The van der Waals surface area contributed by atoms with Gasteiger partial charge in [-0.2, -0.15) is 0 Å². The zero-order chi connectivity index (χ0) is 18.3. The van der Waals surface area contributed by atoms with Crippen LogP contribution >= 0.6 is 0 Å². The molecule has 0 atom stereocenters. The third-order valence-corrected chi connectivity index (χ3v) is 3.69. The van der Waals surface area contributed by atoms with Crippen molar-refractivity contribution >= 4 is 12.0 Å². The molecule has 0 aliphatic rings. The van der Waals surface area contributed by atoms with Gasteiger partial charge in [-0.25, -0.2) is 4.79 Å². The summed E-state index contributed by atoms with van der Waals surface area (Å²) in [5.41, 5.74) is 4.28. The van der Waals surface area contributed by atoms with Crippen LogP contribution < -0.4 is 0 Å². The zero-order valence-electron chi connectivity index (χ0n) is 15.3. The van der Waals surface area contributed by atoms with Gasteiger partial charge in [0.2, 0.25) is 0 Å². The highest BCUT2D eigenvalue weighted by molar-refractivity contribution is 5.87. The van der Waals surface area contributed by atoms with Crippen LogP contribution in [0.3, 0.4) is 0 Å². The third-order valence-electron chi connectivity index (χ3n) is 3.69. The molecule has 0 radical (unpaired) electrons. The summed E-state index contributed by atoms with van der Waals surface area (Å²) in [7, 11) is 0. The van der Waals surface area contributed by atoms with Crippen molar-refractivity contribution in [1.82, 2.24) is 0 Å². The lowest BCUT2D eigenvalue weighted by Crippen LogP contribution is -2.10. The van der Waals surface area contributed by atoms with Crippen molar-refractivity contribution < 1.29 is 9.53 Å². The second-order valence-electron chi connectivity index (χ2n) is 6.79. The maximum Gasteiger partial charge on any atom is 0.330 e. The van der Waals surface area contributed by atoms with Crippen LogP contribution in [-0.4, -0.2) is 12.6 Å². The van der Waals surface area contributed by atoms with Crippen molar-refractivity contribution in [2.75, 3.05) is 6.61 Å². The Bertz CT molecular complexity index is 810. The first-order valence-corrected chi connectivity index (χ1v) is 8.46. The van der Waals surface area contributed by atoms with Crippen molar-refractivity contribution in [3.05, 3.63) is 76.9 Å². The molecule has 0 unspecified atom stereocenters. The molecule has 0 saturated heterocycles. The summed E-state index contributed by atoms with van der Waals surface area (Å²) in [4.78, 5) is 11.3. The third kappa shape index (κ3) is 5.97. The monoisotopic (exact) mass is 332 g/mol. The summed E-state index contributed by atoms with van der Waals surface area (Å²) in [5, 5.41) is 0. The van der Waals surface area contributed by atoms with E-state index in [1.807, 2.05) is 36.4 Å². The van der Waals surface area contributed by atoms with E-state index in [0.717, 1.165) is 16.7 Å². The van der Waals surface area contributed by atoms with Crippen LogP contribution in [0.4, 0.5) is 0 Å². The predicted molar refractivity (Wildman–Crippen MR) is 103 cm³/mol. The maximum atomic E-state index is 11.3. The molecule has 128 valence electrons. The Balaban J connectivity index is 2.10. The summed E-state index contributed by atoms with van der Waals surface area (Å²) in [6.45, 7) is 8.76. The smallest absolute Gasteiger partial charge is 0.330 e. The standard InChI is InChI=1S/C23H24O2/c1-5-25-22(24)16-15-19-11-9-18(10-12-19)13-14-20-7-6-8-21(17-20)23(2,3)4/h6-12,15-17H,5H2,1-4H3/b16-15+. The van der Waals surface area contributed by atoms with Gasteiger partial charge >= 0.3 is 5.97 Å². The van der Waals surface area contributed by atoms with E-state index in [0.29, 0.717) is 6.61 Å². The van der Waals surface area contributed by atoms with E-state index in [1.54, 1.807) is 13.0 Å². The van der Waals surface area contributed by atoms with Gasteiger partial charge in [0, 0.05) is 17.2 Å². The molecule has 0 saturated carbocycles. The van der Waals surface area contributed by atoms with Gasteiger partial charge < -0.3 is 4.74 Å². The fourth-order valence-electron chi connectivity index (χ4n) is 2.24. The van der Waals surface area contributed by atoms with E-state index in [-0.39, 0.29) is 11.4 Å². The summed E-state index contributed by atoms with van der Waals surface area (Å²) in [6, 6.07) is 16.1. The van der Waals surface area contributed by atoms with E-state index in [4.69, 9.17) is 4.74 Å². The molecule has 0 N–H and O–H groups in total. The lowest BCUT2D eigenvalue weighted by molar-refractivity contribution is -0.137. The molecule has 0 aromatic heterocycles. The van der Waals surface area contributed by atoms with Crippen LogP contribution in [-0.2, 0) is 14.9 Å². The number of carbonyl (C=O) groups excluding carboxylic acids is 1. The molecule has 0 bridgehead atoms. The van der Waals surface area contributed by atoms with Crippen molar-refractivity contribution in [2.24, 2.45) is 0 Å². The second-order valence-corrected chi connectivity index (χ2v) is 6.79. The molecule has 0 heterocycles. The van der Waals surface area contributed by atoms with Crippen LogP contribution in [0.15, 0.2) is 54.6 Å². The van der Waals surface area contributed by atoms with Gasteiger partial charge in [0.05, 0.1) is 6.61 Å². The molecule has 0 spiro atoms. The van der Waals surface area contributed by atoms with Crippen LogP contribution in [0.5, 0.6) is 0 Å². The van der Waals surface area contributed by atoms with E-state index in [2.05, 4.69) is 44.7 Å². The van der Waals surface area contributed by atoms with Gasteiger partial charge in [-0.15, -0.1) is 0 Å². The molecule has 25 heavy (non-hydrogen) atoms. The van der Waals surface area contributed by atoms with E-state index < -0.39 is 0 Å². The minimum atomic E-state index is -0.329. The minimum absolute atomic E-state index is 0.116. The van der Waals surface area contributed by atoms with Crippen molar-refractivity contribution in [2.45, 2.75) is 33.1 Å². The van der Waals surface area contributed by atoms with Crippen LogP contribution in [0.2, 0.25) is 0 Å². The molecule has 2 aromatic carbocycles. The number of benzene rings is 2. The SMILES string of the molecule is CCOC(=O)/C=C/c1ccc(C#Cc2cccc(C(C)(C)C)c2)cc1. The number of esters is 1. The lowest BCUT2D eigenvalue weighted by atomic mass is 9.86. The summed E-state index contributed by atoms with van der Waals surface area (Å²) < 4.78 is 4.86. The first-order valence-electron chi connectivity index (χ1n) is 8.46. The van der Waals surface area contributed by atoms with E-state index in [1.165, 1.54) is 11.6 Å². The topological polar surface area (TPSA) is 26.3 Å². The highest BCUT2D eigenvalue weighted by atomic mass is 16.5. The summed E-state index contributed by atoms with van der Waals surface area (Å²) >= 11 is 0. The fraction of sp³-hybridized carbons (Fsp3) is 0.261. The lowest BCUT2D eigenvalue weighted by Gasteiger charge is -2.18. The quantitative estimate of drug-likeness (QED) is 0.451. The molecule has 2 heteroatoms. The maximum absolute atomic E-state index is 11.3. The Morgan fingerprint density at radius 1 is 1.04 bits per heavy atom. The molecule has 0 aliphatic heterocycles. The molecule has 2 aromatic rings. The van der Waals surface area contributed by atoms with E-state index >= 15 is 0 Å². The molecular weight excluding hydrogens is 308 g/mol. The Kier molecular flexibility index (Phi) is 6.19. The average molecular weight is 332 g/mol. The van der Waals surface area contributed by atoms with Gasteiger partial charge in [0.1, 0.15) is 0 Å². The highest BCUT2D eigenvalue weighted by Crippen LogP contribution is 2.22. The van der Waals surface area contributed by atoms with Crippen LogP contribution in [0.1, 0.15) is 49.9 Å². The van der Waals surface area contributed by atoms with Gasteiger partial charge in [0.25, 0.3) is 0 Å². The first-order chi connectivity index (χ1) is 11.9. The predicted octanol–water partition coefficient (Wildman–Crippen LogP) is 4.96. The Labute approximate surface area is 150 Å². The van der Waals surface area contributed by atoms with Gasteiger partial charge in [-0.1, -0.05) is 56.9 Å². The molecule has 2 nitrogen and oxygen atoms in total. The number of rotatable bonds is 3. The van der Waals surface area contributed by atoms with Crippen molar-refractivity contribution in [1.29, 1.82) is 0 Å². The van der Waals surface area contributed by atoms with Gasteiger partial charge in [0.15, 0.2) is 0 Å². The average Bonchev–Trinajstić information content (AvgIpc) is 2.59. The Morgan fingerprint density at radius 2 is 1.72 bits per heavy atom. The first kappa shape index (κ1) is 18.5. The van der Waals surface area contributed by atoms with E-state index in [9.17, 15) is 4.79 Å². The zero-order valence-corrected chi connectivity index (χ0v) is 15.3. The highest BCUT2D eigenvalue weighted by Gasteiger charge is 2.12. The molecule has 0 amide bonds. The van der Waals surface area contributed by atoms with Crippen LogP contribution in [0, 0.1) is 11.8 Å². The van der Waals surface area contributed by atoms with Crippen LogP contribution in [0.25, 0.3) is 6.08 Å². The largest absolute Gasteiger partial charge is 0.463 e. The number of hydrogen-bond donors (Lipinski definition) is 0. The second kappa shape index (κ2) is 8.35. The number of ether oxygens (including phenoxy) is 1. The summed E-state index contributed by atoms with van der Waals surface area (Å²) in [5.74, 6) is 6.08. The van der Waals surface area contributed by atoms with Crippen molar-refractivity contribution in [3.63, 3.8) is 0 Å². The molecule has 0 aliphatic carbocycles. The number of carbonyl (C=O) groups is 1.